The third-order valence-electron chi connectivity index (χ3n) is 5.78. The highest BCUT2D eigenvalue weighted by atomic mass is 32.1. The summed E-state index contributed by atoms with van der Waals surface area (Å²) >= 11 is 1.26. The summed E-state index contributed by atoms with van der Waals surface area (Å²) < 4.78 is 6.87. The van der Waals surface area contributed by atoms with Gasteiger partial charge in [0, 0.05) is 23.1 Å². The predicted molar refractivity (Wildman–Crippen MR) is 141 cm³/mol. The van der Waals surface area contributed by atoms with Gasteiger partial charge in [-0.15, -0.1) is 11.3 Å². The van der Waals surface area contributed by atoms with Crippen LogP contribution in [0.3, 0.4) is 0 Å². The quantitative estimate of drug-likeness (QED) is 0.301. The number of amides is 1. The zero-order valence-corrected chi connectivity index (χ0v) is 19.8. The van der Waals surface area contributed by atoms with Crippen molar-refractivity contribution in [2.75, 3.05) is 11.1 Å². The molecule has 0 fully saturated rings. The van der Waals surface area contributed by atoms with Gasteiger partial charge in [-0.3, -0.25) is 14.6 Å². The second-order valence-corrected chi connectivity index (χ2v) is 9.11. The fourth-order valence-electron chi connectivity index (χ4n) is 4.06. The zero-order chi connectivity index (χ0) is 24.5. The Morgan fingerprint density at radius 3 is 2.22 bits per heavy atom. The number of nitrogens with zero attached hydrogens (tertiary/aromatic N) is 3. The van der Waals surface area contributed by atoms with E-state index in [0.717, 1.165) is 33.5 Å². The number of anilines is 2. The SMILES string of the molecule is Nc1c(C(=O)Nc2c[n+](-c3ccccc3)no2)sc2nc(-c3ccccc3)cc(-c3ccccc3)c12. The van der Waals surface area contributed by atoms with Crippen molar-refractivity contribution in [1.29, 1.82) is 0 Å². The van der Waals surface area contributed by atoms with E-state index >= 15 is 0 Å². The third-order valence-corrected chi connectivity index (χ3v) is 6.88. The number of aromatic nitrogens is 3. The van der Waals surface area contributed by atoms with E-state index in [9.17, 15) is 4.79 Å². The van der Waals surface area contributed by atoms with Crippen molar-refractivity contribution in [2.24, 2.45) is 0 Å². The normalized spacial score (nSPS) is 11.0. The number of benzene rings is 3. The van der Waals surface area contributed by atoms with Gasteiger partial charge in [-0.05, 0) is 21.9 Å². The molecular formula is C28H20N5O2S+. The molecule has 3 heterocycles. The van der Waals surface area contributed by atoms with Crippen LogP contribution in [0.25, 0.3) is 38.3 Å². The van der Waals surface area contributed by atoms with Gasteiger partial charge in [0.2, 0.25) is 11.0 Å². The first kappa shape index (κ1) is 21.7. The number of para-hydroxylation sites is 1. The summed E-state index contributed by atoms with van der Waals surface area (Å²) in [6.45, 7) is 0. The number of pyridine rings is 1. The first-order valence-electron chi connectivity index (χ1n) is 11.3. The van der Waals surface area contributed by atoms with E-state index in [1.807, 2.05) is 97.1 Å². The molecule has 0 atom stereocenters. The number of rotatable bonds is 5. The maximum Gasteiger partial charge on any atom is 0.303 e. The Balaban J connectivity index is 1.41. The lowest BCUT2D eigenvalue weighted by Gasteiger charge is -2.09. The molecule has 3 N–H and O–H groups in total. The van der Waals surface area contributed by atoms with Crippen LogP contribution in [-0.4, -0.2) is 16.2 Å². The van der Waals surface area contributed by atoms with Crippen molar-refractivity contribution >= 4 is 39.0 Å². The average Bonchev–Trinajstić information content (AvgIpc) is 3.54. The summed E-state index contributed by atoms with van der Waals surface area (Å²) in [5.74, 6) is -0.172. The molecule has 36 heavy (non-hydrogen) atoms. The Hall–Kier alpha value is -4.82. The largest absolute Gasteiger partial charge is 0.397 e. The molecule has 174 valence electrons. The van der Waals surface area contributed by atoms with Crippen molar-refractivity contribution in [2.45, 2.75) is 0 Å². The van der Waals surface area contributed by atoms with Crippen molar-refractivity contribution in [3.05, 3.63) is 108 Å². The molecule has 0 saturated heterocycles. The van der Waals surface area contributed by atoms with Crippen molar-refractivity contribution in [1.82, 2.24) is 10.3 Å². The molecule has 7 nitrogen and oxygen atoms in total. The molecule has 0 saturated carbocycles. The van der Waals surface area contributed by atoms with Gasteiger partial charge < -0.3 is 5.73 Å². The van der Waals surface area contributed by atoms with Gasteiger partial charge in [-0.2, -0.15) is 0 Å². The highest BCUT2D eigenvalue weighted by Crippen LogP contribution is 2.41. The number of carbonyl (C=O) groups is 1. The van der Waals surface area contributed by atoms with Crippen LogP contribution >= 0.6 is 11.3 Å². The maximum atomic E-state index is 13.2. The number of thiophene rings is 1. The lowest BCUT2D eigenvalue weighted by atomic mass is 9.99. The lowest BCUT2D eigenvalue weighted by Crippen LogP contribution is -2.31. The number of nitrogens with one attached hydrogen (secondary N) is 1. The van der Waals surface area contributed by atoms with E-state index < -0.39 is 0 Å². The molecule has 0 radical (unpaired) electrons. The predicted octanol–water partition coefficient (Wildman–Crippen LogP) is 5.73. The molecule has 0 aliphatic rings. The Morgan fingerprint density at radius 1 is 0.889 bits per heavy atom. The van der Waals surface area contributed by atoms with E-state index in [1.54, 1.807) is 10.9 Å². The van der Waals surface area contributed by atoms with Crippen LogP contribution in [0.2, 0.25) is 0 Å². The Labute approximate surface area is 210 Å². The van der Waals surface area contributed by atoms with Crippen molar-refractivity contribution in [3.8, 4) is 28.1 Å². The number of hydrogen-bond donors (Lipinski definition) is 2. The van der Waals surface area contributed by atoms with Crippen LogP contribution in [0.15, 0.2) is 108 Å². The van der Waals surface area contributed by atoms with E-state index in [0.29, 0.717) is 15.4 Å². The molecular weight excluding hydrogens is 470 g/mol. The fourth-order valence-corrected chi connectivity index (χ4v) is 5.08. The average molecular weight is 491 g/mol. The standard InChI is InChI=1S/C28H19N5O2S/c29-25-24-21(18-10-4-1-5-11-18)16-22(19-12-6-2-7-13-19)30-28(24)36-26(25)27(34)31-23-17-33(32-35-23)20-14-8-3-9-15-20/h1-17H,(H2-,29,31,32,34)/p+1. The first-order chi connectivity index (χ1) is 17.7. The number of nitrogens with two attached hydrogens (primary N) is 1. The van der Waals surface area contributed by atoms with E-state index in [1.165, 1.54) is 11.3 Å². The van der Waals surface area contributed by atoms with Crippen LogP contribution in [-0.2, 0) is 0 Å². The summed E-state index contributed by atoms with van der Waals surface area (Å²) in [6.07, 6.45) is 1.61. The maximum absolute atomic E-state index is 13.2. The summed E-state index contributed by atoms with van der Waals surface area (Å²) in [5, 5.41) is 7.51. The molecule has 0 aliphatic heterocycles. The summed E-state index contributed by atoms with van der Waals surface area (Å²) in [5.41, 5.74) is 11.5. The van der Waals surface area contributed by atoms with Crippen LogP contribution in [0.1, 0.15) is 9.67 Å². The molecule has 3 aromatic heterocycles. The third kappa shape index (κ3) is 3.99. The van der Waals surface area contributed by atoms with E-state index in [4.69, 9.17) is 15.2 Å². The van der Waals surface area contributed by atoms with Crippen LogP contribution in [0.4, 0.5) is 11.6 Å². The minimum atomic E-state index is -0.382. The second kappa shape index (κ2) is 9.09. The number of hydrogen-bond acceptors (Lipinski definition) is 6. The fraction of sp³-hybridized carbons (Fsp3) is 0. The molecule has 1 amide bonds. The Morgan fingerprint density at radius 2 is 1.53 bits per heavy atom. The van der Waals surface area contributed by atoms with Crippen molar-refractivity contribution < 1.29 is 14.0 Å². The Kier molecular flexibility index (Phi) is 5.48. The van der Waals surface area contributed by atoms with Gasteiger partial charge in [-0.25, -0.2) is 4.98 Å². The molecule has 0 spiro atoms. The topological polar surface area (TPSA) is 97.9 Å². The number of fused-ring (bicyclic) bond motifs is 1. The van der Waals surface area contributed by atoms with E-state index in [2.05, 4.69) is 10.6 Å². The molecule has 0 aliphatic carbocycles. The van der Waals surface area contributed by atoms with Crippen LogP contribution in [0, 0.1) is 0 Å². The highest BCUT2D eigenvalue weighted by molar-refractivity contribution is 7.21. The second-order valence-electron chi connectivity index (χ2n) is 8.11. The van der Waals surface area contributed by atoms with Gasteiger partial charge in [-0.1, -0.05) is 78.9 Å². The highest BCUT2D eigenvalue weighted by Gasteiger charge is 2.24. The van der Waals surface area contributed by atoms with Gasteiger partial charge in [0.05, 0.1) is 11.4 Å². The molecule has 0 bridgehead atoms. The minimum absolute atomic E-state index is 0.210. The van der Waals surface area contributed by atoms with E-state index in [-0.39, 0.29) is 11.8 Å². The van der Waals surface area contributed by atoms with Gasteiger partial charge in [0.15, 0.2) is 0 Å². The van der Waals surface area contributed by atoms with Gasteiger partial charge in [0.1, 0.15) is 9.71 Å². The van der Waals surface area contributed by atoms with Crippen molar-refractivity contribution in [3.63, 3.8) is 0 Å². The molecule has 8 heteroatoms. The van der Waals surface area contributed by atoms with Gasteiger partial charge in [0.25, 0.3) is 12.1 Å². The van der Waals surface area contributed by atoms with Crippen LogP contribution < -0.4 is 15.7 Å². The molecule has 0 unspecified atom stereocenters. The number of carbonyl (C=O) groups excluding carboxylic acids is 1. The minimum Gasteiger partial charge on any atom is -0.397 e. The first-order valence-corrected chi connectivity index (χ1v) is 12.1. The summed E-state index contributed by atoms with van der Waals surface area (Å²) in [7, 11) is 0. The summed E-state index contributed by atoms with van der Waals surface area (Å²) in [6, 6.07) is 31.4. The lowest BCUT2D eigenvalue weighted by molar-refractivity contribution is -0.670. The monoisotopic (exact) mass is 490 g/mol. The zero-order valence-electron chi connectivity index (χ0n) is 19.0. The van der Waals surface area contributed by atoms with Gasteiger partial charge >= 0.3 is 5.88 Å². The Bertz CT molecular complexity index is 1680. The number of nitrogen functional groups attached to an aromatic ring is 1. The molecule has 6 aromatic rings. The molecule has 6 rings (SSSR count). The van der Waals surface area contributed by atoms with Crippen LogP contribution in [0.5, 0.6) is 0 Å². The molecule has 3 aromatic carbocycles. The smallest absolute Gasteiger partial charge is 0.303 e. The summed E-state index contributed by atoms with van der Waals surface area (Å²) in [4.78, 5) is 19.2.